The van der Waals surface area contributed by atoms with Crippen molar-refractivity contribution in [3.63, 3.8) is 0 Å². The quantitative estimate of drug-likeness (QED) is 0.143. The minimum Gasteiger partial charge on any atom is -0.277 e. The van der Waals surface area contributed by atoms with E-state index in [-0.39, 0.29) is 5.92 Å². The normalized spacial score (nSPS) is 12.8. The fourth-order valence-corrected chi connectivity index (χ4v) is 12.6. The van der Waals surface area contributed by atoms with Crippen LogP contribution in [0.1, 0.15) is 44.9 Å². The first kappa shape index (κ1) is 42.9. The van der Waals surface area contributed by atoms with Gasteiger partial charge in [-0.3, -0.25) is 4.57 Å². The molecule has 0 amide bonds. The van der Waals surface area contributed by atoms with E-state index in [2.05, 4.69) is 241 Å². The van der Waals surface area contributed by atoms with Gasteiger partial charge in [-0.15, -0.1) is 0 Å². The fourth-order valence-electron chi connectivity index (χ4n) is 12.6. The molecular weight excluding hydrogens is 909 g/mol. The number of hydrogen-bond acceptors (Lipinski definition) is 3. The predicted octanol–water partition coefficient (Wildman–Crippen LogP) is 17.2. The molecule has 2 aliphatic carbocycles. The molecule has 75 heavy (non-hydrogen) atoms. The Morgan fingerprint density at radius 1 is 0.307 bits per heavy atom. The molecular formula is C71H46N4. The third-order valence-corrected chi connectivity index (χ3v) is 15.8. The largest absolute Gasteiger partial charge is 0.277 e. The summed E-state index contributed by atoms with van der Waals surface area (Å²) < 4.78 is 2.34. The van der Waals surface area contributed by atoms with E-state index in [4.69, 9.17) is 15.0 Å². The number of nitrogens with zero attached hydrogens (tertiary/aromatic N) is 4. The molecule has 0 saturated carbocycles. The van der Waals surface area contributed by atoms with Gasteiger partial charge in [0.15, 0.2) is 11.6 Å². The summed E-state index contributed by atoms with van der Waals surface area (Å²) in [6.45, 7) is 0. The van der Waals surface area contributed by atoms with E-state index in [0.29, 0.717) is 17.6 Å². The molecule has 4 heteroatoms. The van der Waals surface area contributed by atoms with Crippen molar-refractivity contribution in [3.05, 3.63) is 312 Å². The van der Waals surface area contributed by atoms with E-state index < -0.39 is 5.41 Å². The van der Waals surface area contributed by atoms with Crippen molar-refractivity contribution in [2.24, 2.45) is 0 Å². The lowest BCUT2D eigenvalue weighted by molar-refractivity contribution is 0.794. The lowest BCUT2D eigenvalue weighted by Gasteiger charge is -2.30. The molecule has 2 heterocycles. The maximum absolute atomic E-state index is 5.47. The average molecular weight is 955 g/mol. The van der Waals surface area contributed by atoms with Crippen LogP contribution < -0.4 is 0 Å². The van der Waals surface area contributed by atoms with E-state index in [0.717, 1.165) is 32.9 Å². The lowest BCUT2D eigenvalue weighted by atomic mass is 9.70. The molecule has 1 spiro atoms. The van der Waals surface area contributed by atoms with Gasteiger partial charge in [0.2, 0.25) is 5.95 Å². The van der Waals surface area contributed by atoms with Crippen molar-refractivity contribution in [1.82, 2.24) is 19.5 Å². The van der Waals surface area contributed by atoms with Gasteiger partial charge in [0.25, 0.3) is 0 Å². The summed E-state index contributed by atoms with van der Waals surface area (Å²) in [5.41, 5.74) is 21.9. The number of hydrogen-bond donors (Lipinski definition) is 0. The zero-order valence-electron chi connectivity index (χ0n) is 40.8. The Bertz CT molecular complexity index is 4130. The minimum atomic E-state index is -0.536. The van der Waals surface area contributed by atoms with Gasteiger partial charge in [-0.05, 0) is 90.0 Å². The molecule has 350 valence electrons. The molecule has 4 nitrogen and oxygen atoms in total. The molecule has 0 saturated heterocycles. The summed E-state index contributed by atoms with van der Waals surface area (Å²) in [5, 5.41) is 2.27. The standard InChI is InChI=1S/C71H46N4/c1-5-19-46(20-6-1)48-33-37-50(38-34-48)65(51-39-35-49(36-40-51)47-21-7-2-8-22-47)54-41-44-64-59(45-54)57-42-43-63-66(58-29-15-18-32-62(58)71(63)60-30-16-13-27-55(60)56-28-14-17-31-61(56)71)67(57)75(64)70-73-68(52-23-9-3-10-24-52)72-69(74-70)53-25-11-4-12-26-53/h1-45,65H. The summed E-state index contributed by atoms with van der Waals surface area (Å²) in [5.74, 6) is 1.73. The highest BCUT2D eigenvalue weighted by molar-refractivity contribution is 6.16. The summed E-state index contributed by atoms with van der Waals surface area (Å²) >= 11 is 0. The van der Waals surface area contributed by atoms with Gasteiger partial charge in [-0.25, -0.2) is 4.98 Å². The van der Waals surface area contributed by atoms with Crippen LogP contribution in [0.4, 0.5) is 0 Å². The maximum atomic E-state index is 5.47. The Labute approximate surface area is 435 Å². The monoisotopic (exact) mass is 954 g/mol. The molecule has 15 rings (SSSR count). The van der Waals surface area contributed by atoms with E-state index >= 15 is 0 Å². The van der Waals surface area contributed by atoms with Crippen LogP contribution in [0.25, 0.3) is 95.0 Å². The number of rotatable bonds is 8. The third kappa shape index (κ3) is 6.66. The Kier molecular flexibility index (Phi) is 9.82. The van der Waals surface area contributed by atoms with Crippen LogP contribution in [0.5, 0.6) is 0 Å². The van der Waals surface area contributed by atoms with Crippen LogP contribution in [-0.4, -0.2) is 19.5 Å². The van der Waals surface area contributed by atoms with E-state index in [9.17, 15) is 0 Å². The second-order valence-corrected chi connectivity index (χ2v) is 19.8. The predicted molar refractivity (Wildman–Crippen MR) is 306 cm³/mol. The van der Waals surface area contributed by atoms with Gasteiger partial charge in [0, 0.05) is 33.4 Å². The van der Waals surface area contributed by atoms with Crippen LogP contribution in [0.2, 0.25) is 0 Å². The molecule has 2 aromatic heterocycles. The average Bonchev–Trinajstić information content (AvgIpc) is 4.30. The summed E-state index contributed by atoms with van der Waals surface area (Å²) in [6, 6.07) is 99.2. The topological polar surface area (TPSA) is 43.6 Å². The van der Waals surface area contributed by atoms with E-state index in [1.807, 2.05) is 36.4 Å². The first-order valence-corrected chi connectivity index (χ1v) is 25.8. The van der Waals surface area contributed by atoms with Crippen LogP contribution in [0.15, 0.2) is 273 Å². The smallest absolute Gasteiger partial charge is 0.238 e. The highest BCUT2D eigenvalue weighted by Crippen LogP contribution is 2.64. The maximum Gasteiger partial charge on any atom is 0.238 e. The van der Waals surface area contributed by atoms with Crippen LogP contribution in [0, 0.1) is 0 Å². The molecule has 0 radical (unpaired) electrons. The van der Waals surface area contributed by atoms with Crippen molar-refractivity contribution in [3.8, 4) is 73.2 Å². The Balaban J connectivity index is 1.02. The van der Waals surface area contributed by atoms with Gasteiger partial charge >= 0.3 is 0 Å². The Morgan fingerprint density at radius 2 is 0.720 bits per heavy atom. The highest BCUT2D eigenvalue weighted by Gasteiger charge is 2.52. The molecule has 11 aromatic carbocycles. The van der Waals surface area contributed by atoms with Gasteiger partial charge < -0.3 is 0 Å². The number of benzene rings is 11. The van der Waals surface area contributed by atoms with Gasteiger partial charge in [-0.1, -0.05) is 261 Å². The second kappa shape index (κ2) is 17.2. The van der Waals surface area contributed by atoms with E-state index in [1.165, 1.54) is 83.5 Å². The molecule has 0 N–H and O–H groups in total. The molecule has 2 aliphatic rings. The molecule has 0 fully saturated rings. The fraction of sp³-hybridized carbons (Fsp3) is 0.0282. The summed E-state index contributed by atoms with van der Waals surface area (Å²) in [7, 11) is 0. The lowest BCUT2D eigenvalue weighted by Crippen LogP contribution is -2.25. The first-order valence-electron chi connectivity index (χ1n) is 25.8. The first-order chi connectivity index (χ1) is 37.2. The number of fused-ring (bicyclic) bond motifs is 14. The van der Waals surface area contributed by atoms with Crippen molar-refractivity contribution < 1.29 is 0 Å². The Hall–Kier alpha value is -9.77. The third-order valence-electron chi connectivity index (χ3n) is 15.8. The Morgan fingerprint density at radius 3 is 1.23 bits per heavy atom. The SMILES string of the molecule is c1ccc(-c2ccc(C(c3ccc(-c4ccccc4)cc3)c3ccc4c(c3)c3ccc5c(c3n4-c3nc(-c4ccccc4)nc(-c4ccccc4)n3)-c3ccccc3C53c4ccccc4-c4ccccc43)cc2)cc1. The minimum absolute atomic E-state index is 0.0705. The van der Waals surface area contributed by atoms with Crippen LogP contribution >= 0.6 is 0 Å². The zero-order chi connectivity index (χ0) is 49.5. The molecule has 0 bridgehead atoms. The molecule has 0 aliphatic heterocycles. The molecule has 13 aromatic rings. The summed E-state index contributed by atoms with van der Waals surface area (Å²) in [6.07, 6.45) is 0. The van der Waals surface area contributed by atoms with Gasteiger partial charge in [0.1, 0.15) is 0 Å². The molecule has 0 unspecified atom stereocenters. The van der Waals surface area contributed by atoms with Crippen molar-refractivity contribution in [2.45, 2.75) is 11.3 Å². The van der Waals surface area contributed by atoms with Gasteiger partial charge in [0.05, 0.1) is 16.4 Å². The van der Waals surface area contributed by atoms with Crippen molar-refractivity contribution >= 4 is 21.8 Å². The van der Waals surface area contributed by atoms with Crippen molar-refractivity contribution in [2.75, 3.05) is 0 Å². The molecule has 0 atom stereocenters. The zero-order valence-corrected chi connectivity index (χ0v) is 40.8. The van der Waals surface area contributed by atoms with Gasteiger partial charge in [-0.2, -0.15) is 9.97 Å². The second-order valence-electron chi connectivity index (χ2n) is 19.8. The van der Waals surface area contributed by atoms with Crippen LogP contribution in [0.3, 0.4) is 0 Å². The van der Waals surface area contributed by atoms with Crippen LogP contribution in [-0.2, 0) is 5.41 Å². The number of aromatic nitrogens is 4. The van der Waals surface area contributed by atoms with E-state index in [1.54, 1.807) is 0 Å². The van der Waals surface area contributed by atoms with Crippen molar-refractivity contribution in [1.29, 1.82) is 0 Å². The highest BCUT2D eigenvalue weighted by atomic mass is 15.2. The summed E-state index contributed by atoms with van der Waals surface area (Å²) in [4.78, 5) is 16.1.